The van der Waals surface area contributed by atoms with Crippen molar-refractivity contribution in [3.63, 3.8) is 0 Å². The van der Waals surface area contributed by atoms with Crippen LogP contribution < -0.4 is 5.32 Å². The van der Waals surface area contributed by atoms with Crippen LogP contribution in [-0.4, -0.2) is 17.5 Å². The summed E-state index contributed by atoms with van der Waals surface area (Å²) in [6.07, 6.45) is 1.75. The maximum absolute atomic E-state index is 12.1. The van der Waals surface area contributed by atoms with Crippen molar-refractivity contribution >= 4 is 11.5 Å². The van der Waals surface area contributed by atoms with E-state index in [4.69, 9.17) is 6.57 Å². The third-order valence-electron chi connectivity index (χ3n) is 3.06. The lowest BCUT2D eigenvalue weighted by atomic mass is 10.0. The first kappa shape index (κ1) is 12.4. The van der Waals surface area contributed by atoms with Gasteiger partial charge in [0.05, 0.1) is 5.57 Å². The van der Waals surface area contributed by atoms with Crippen LogP contribution in [0.5, 0.6) is 0 Å². The fourth-order valence-electron chi connectivity index (χ4n) is 2.03. The zero-order valence-electron chi connectivity index (χ0n) is 10.8. The minimum absolute atomic E-state index is 0.0447. The number of carbonyl (C=O) groups excluding carboxylic acids is 1. The maximum Gasteiger partial charge on any atom is 0.353 e. The fourth-order valence-corrected chi connectivity index (χ4v) is 2.03. The molecule has 0 radical (unpaired) electrons. The van der Waals surface area contributed by atoms with Gasteiger partial charge in [-0.1, -0.05) is 24.3 Å². The summed E-state index contributed by atoms with van der Waals surface area (Å²) < 4.78 is 0. The summed E-state index contributed by atoms with van der Waals surface area (Å²) in [6, 6.07) is 7.87. The molecule has 1 aromatic rings. The lowest BCUT2D eigenvalue weighted by Crippen LogP contribution is -2.40. The number of hydrogen-bond acceptors (Lipinski definition) is 1. The Morgan fingerprint density at radius 1 is 1.39 bits per heavy atom. The van der Waals surface area contributed by atoms with Gasteiger partial charge in [0.25, 0.3) is 0 Å². The molecule has 1 aliphatic carbocycles. The van der Waals surface area contributed by atoms with Crippen molar-refractivity contribution in [3.05, 3.63) is 52.9 Å². The average molecular weight is 240 g/mol. The van der Waals surface area contributed by atoms with Gasteiger partial charge in [-0.2, -0.15) is 0 Å². The van der Waals surface area contributed by atoms with Crippen molar-refractivity contribution in [2.75, 3.05) is 0 Å². The van der Waals surface area contributed by atoms with Gasteiger partial charge in [-0.15, -0.1) is 0 Å². The Bertz CT molecular complexity index is 566. The fraction of sp³-hybridized carbons (Fsp3) is 0.333. The van der Waals surface area contributed by atoms with Gasteiger partial charge < -0.3 is 5.32 Å². The molecule has 92 valence electrons. The number of amides is 1. The molecule has 0 fully saturated rings. The topological polar surface area (TPSA) is 33.5 Å². The standard InChI is InChI=1S/C15H16N2O/c1-10(2)17-14(18)15(16-4)9-13(15)12-8-6-5-7-11(12)3/h5-10H,1-3H3,(H,17,18)/t15-/m0/s1. The number of nitrogens with one attached hydrogen (secondary N) is 1. The van der Waals surface area contributed by atoms with Gasteiger partial charge in [0.1, 0.15) is 0 Å². The summed E-state index contributed by atoms with van der Waals surface area (Å²) in [5, 5.41) is 2.81. The first-order chi connectivity index (χ1) is 8.51. The highest BCUT2D eigenvalue weighted by Crippen LogP contribution is 2.47. The molecule has 1 N–H and O–H groups in total. The first-order valence-electron chi connectivity index (χ1n) is 6.00. The Labute approximate surface area is 107 Å². The monoisotopic (exact) mass is 240 g/mol. The molecule has 0 aromatic heterocycles. The van der Waals surface area contributed by atoms with Crippen molar-refractivity contribution in [1.82, 2.24) is 5.32 Å². The molecule has 1 aliphatic rings. The van der Waals surface area contributed by atoms with E-state index in [1.165, 1.54) is 0 Å². The molecular formula is C15H16N2O. The second-order valence-corrected chi connectivity index (χ2v) is 4.88. The Morgan fingerprint density at radius 3 is 2.61 bits per heavy atom. The van der Waals surface area contributed by atoms with Crippen LogP contribution >= 0.6 is 0 Å². The van der Waals surface area contributed by atoms with Crippen molar-refractivity contribution in [2.45, 2.75) is 32.4 Å². The summed E-state index contributed by atoms with van der Waals surface area (Å²) in [5.74, 6) is -0.217. The molecule has 0 spiro atoms. The van der Waals surface area contributed by atoms with E-state index in [2.05, 4.69) is 10.2 Å². The Kier molecular flexibility index (Phi) is 2.96. The van der Waals surface area contributed by atoms with E-state index in [9.17, 15) is 4.79 Å². The van der Waals surface area contributed by atoms with E-state index in [1.807, 2.05) is 45.0 Å². The molecule has 0 saturated carbocycles. The number of aryl methyl sites for hydroxylation is 1. The molecule has 1 amide bonds. The van der Waals surface area contributed by atoms with Crippen LogP contribution in [-0.2, 0) is 4.79 Å². The van der Waals surface area contributed by atoms with Gasteiger partial charge in [0.15, 0.2) is 0 Å². The molecule has 1 atom stereocenters. The minimum Gasteiger partial charge on any atom is -0.346 e. The lowest BCUT2D eigenvalue weighted by molar-refractivity contribution is -0.122. The molecule has 0 bridgehead atoms. The van der Waals surface area contributed by atoms with E-state index in [1.54, 1.807) is 6.08 Å². The Hall–Kier alpha value is -2.08. The van der Waals surface area contributed by atoms with Crippen LogP contribution in [0.15, 0.2) is 30.3 Å². The van der Waals surface area contributed by atoms with E-state index >= 15 is 0 Å². The summed E-state index contributed by atoms with van der Waals surface area (Å²) in [4.78, 5) is 15.6. The van der Waals surface area contributed by atoms with Gasteiger partial charge >= 0.3 is 11.4 Å². The molecule has 0 heterocycles. The van der Waals surface area contributed by atoms with Crippen LogP contribution in [0.1, 0.15) is 25.0 Å². The SMILES string of the molecule is [C-]#[N+][C@@]1(C(=O)NC(C)C)C=C1c1ccccc1C. The van der Waals surface area contributed by atoms with Crippen molar-refractivity contribution in [3.8, 4) is 0 Å². The zero-order valence-corrected chi connectivity index (χ0v) is 10.8. The Balaban J connectivity index is 2.26. The van der Waals surface area contributed by atoms with Crippen LogP contribution in [0.4, 0.5) is 0 Å². The van der Waals surface area contributed by atoms with Crippen molar-refractivity contribution in [2.24, 2.45) is 0 Å². The van der Waals surface area contributed by atoms with E-state index < -0.39 is 5.54 Å². The molecule has 0 aliphatic heterocycles. The highest BCUT2D eigenvalue weighted by molar-refractivity contribution is 6.15. The lowest BCUT2D eigenvalue weighted by Gasteiger charge is -2.11. The highest BCUT2D eigenvalue weighted by Gasteiger charge is 2.60. The molecule has 1 aromatic carbocycles. The Morgan fingerprint density at radius 2 is 2.06 bits per heavy atom. The number of rotatable bonds is 3. The van der Waals surface area contributed by atoms with Gasteiger partial charge in [-0.25, -0.2) is 6.57 Å². The molecule has 0 saturated heterocycles. The predicted octanol–water partition coefficient (Wildman–Crippen LogP) is 2.57. The van der Waals surface area contributed by atoms with Crippen LogP contribution in [0.2, 0.25) is 0 Å². The van der Waals surface area contributed by atoms with Crippen LogP contribution in [0.3, 0.4) is 0 Å². The second kappa shape index (κ2) is 4.30. The minimum atomic E-state index is -1.07. The molecule has 3 heteroatoms. The molecular weight excluding hydrogens is 224 g/mol. The smallest absolute Gasteiger partial charge is 0.346 e. The summed E-state index contributed by atoms with van der Waals surface area (Å²) in [6.45, 7) is 13.1. The highest BCUT2D eigenvalue weighted by atomic mass is 16.2. The van der Waals surface area contributed by atoms with Gasteiger partial charge in [0, 0.05) is 12.1 Å². The maximum atomic E-state index is 12.1. The summed E-state index contributed by atoms with van der Waals surface area (Å²) >= 11 is 0. The van der Waals surface area contributed by atoms with Gasteiger partial charge in [0.2, 0.25) is 0 Å². The summed E-state index contributed by atoms with van der Waals surface area (Å²) in [5.41, 5.74) is 1.84. The third kappa shape index (κ3) is 1.91. The number of nitrogens with zero attached hydrogens (tertiary/aromatic N) is 1. The van der Waals surface area contributed by atoms with E-state index in [0.717, 1.165) is 16.7 Å². The van der Waals surface area contributed by atoms with Crippen molar-refractivity contribution in [1.29, 1.82) is 0 Å². The largest absolute Gasteiger partial charge is 0.353 e. The summed E-state index contributed by atoms with van der Waals surface area (Å²) in [7, 11) is 0. The number of hydrogen-bond donors (Lipinski definition) is 1. The first-order valence-corrected chi connectivity index (χ1v) is 6.00. The predicted molar refractivity (Wildman–Crippen MR) is 71.8 cm³/mol. The second-order valence-electron chi connectivity index (χ2n) is 4.88. The van der Waals surface area contributed by atoms with Crippen LogP contribution in [0.25, 0.3) is 10.4 Å². The van der Waals surface area contributed by atoms with E-state index in [-0.39, 0.29) is 11.9 Å². The zero-order chi connectivity index (χ0) is 13.3. The quantitative estimate of drug-likeness (QED) is 0.809. The van der Waals surface area contributed by atoms with Gasteiger partial charge in [-0.3, -0.25) is 9.64 Å². The van der Waals surface area contributed by atoms with Crippen molar-refractivity contribution < 1.29 is 4.79 Å². The van der Waals surface area contributed by atoms with Crippen LogP contribution in [0, 0.1) is 13.5 Å². The number of carbonyl (C=O) groups is 1. The molecule has 3 nitrogen and oxygen atoms in total. The van der Waals surface area contributed by atoms with E-state index in [0.29, 0.717) is 0 Å². The van der Waals surface area contributed by atoms with Gasteiger partial charge in [-0.05, 0) is 31.9 Å². The molecule has 18 heavy (non-hydrogen) atoms. The third-order valence-corrected chi connectivity index (χ3v) is 3.06. The molecule has 2 rings (SSSR count). The average Bonchev–Trinajstić information content (AvgIpc) is 3.04. The normalized spacial score (nSPS) is 21.2. The molecule has 0 unspecified atom stereocenters. The number of benzene rings is 1.